The molecule has 3 aliphatic heterocycles. The first-order valence-electron chi connectivity index (χ1n) is 12.9. The third-order valence-electron chi connectivity index (χ3n) is 7.20. The fourth-order valence-electron chi connectivity index (χ4n) is 5.06. The number of carboxylic acids is 1. The number of aliphatic imine (C=N–C) groups is 1. The third-order valence-corrected chi connectivity index (χ3v) is 7.53. The number of aromatic nitrogens is 1. The zero-order valence-electron chi connectivity index (χ0n) is 21.2. The fraction of sp³-hybridized carbons (Fsp3) is 0.444. The summed E-state index contributed by atoms with van der Waals surface area (Å²) >= 11 is 6.38. The summed E-state index contributed by atoms with van der Waals surface area (Å²) in [6.07, 6.45) is 1.66. The minimum absolute atomic E-state index is 0.105. The predicted octanol–water partition coefficient (Wildman–Crippen LogP) is 2.25. The van der Waals surface area contributed by atoms with Crippen molar-refractivity contribution in [2.75, 3.05) is 72.1 Å². The number of benzene rings is 1. The second-order valence-corrected chi connectivity index (χ2v) is 10.1. The van der Waals surface area contributed by atoms with Gasteiger partial charge in [-0.25, -0.2) is 9.18 Å². The number of morpholine rings is 1. The van der Waals surface area contributed by atoms with E-state index < -0.39 is 17.8 Å². The number of aliphatic carboxylic acids is 1. The number of carbonyl (C=O) groups is 1. The topological polar surface area (TPSA) is 93.5 Å². The molecule has 3 aliphatic rings. The van der Waals surface area contributed by atoms with Crippen LogP contribution in [0.5, 0.6) is 0 Å². The Hall–Kier alpha value is -2.89. The minimum atomic E-state index is -1.09. The van der Waals surface area contributed by atoms with Gasteiger partial charge >= 0.3 is 5.97 Å². The van der Waals surface area contributed by atoms with Crippen molar-refractivity contribution >= 4 is 23.4 Å². The molecule has 202 valence electrons. The van der Waals surface area contributed by atoms with Crippen molar-refractivity contribution in [1.82, 2.24) is 25.0 Å². The molecule has 2 saturated heterocycles. The Morgan fingerprint density at radius 3 is 2.42 bits per heavy atom. The van der Waals surface area contributed by atoms with Crippen LogP contribution in [0.1, 0.15) is 17.3 Å². The lowest BCUT2D eigenvalue weighted by molar-refractivity contribution is -0.133. The van der Waals surface area contributed by atoms with Crippen molar-refractivity contribution < 1.29 is 19.0 Å². The van der Waals surface area contributed by atoms with E-state index in [1.807, 2.05) is 12.1 Å². The van der Waals surface area contributed by atoms with Gasteiger partial charge in [0.1, 0.15) is 17.6 Å². The van der Waals surface area contributed by atoms with E-state index in [4.69, 9.17) is 21.3 Å². The van der Waals surface area contributed by atoms with Gasteiger partial charge in [-0.05, 0) is 24.3 Å². The number of hydrogen-bond donors (Lipinski definition) is 2. The van der Waals surface area contributed by atoms with Gasteiger partial charge in [0.25, 0.3) is 0 Å². The number of amidine groups is 1. The van der Waals surface area contributed by atoms with Crippen LogP contribution < -0.4 is 5.32 Å². The summed E-state index contributed by atoms with van der Waals surface area (Å²) in [4.78, 5) is 28.8. The highest BCUT2D eigenvalue weighted by Gasteiger charge is 2.34. The number of carboxylic acid groups (broad SMARTS) is 1. The van der Waals surface area contributed by atoms with E-state index in [1.165, 1.54) is 18.2 Å². The van der Waals surface area contributed by atoms with Gasteiger partial charge in [0.15, 0.2) is 5.84 Å². The number of nitrogens with one attached hydrogen (secondary N) is 1. The standard InChI is InChI=1S/C27H32ClFN6O3/c28-21-17-19(29)4-5-20(21)25-24(27(36)37)23(31-26(32-25)22-3-1-2-6-30-22)18-35-11-9-33(10-12-35)7-8-34-13-15-38-16-14-34/h1-6,17,25H,7-16,18H2,(H,31,32)(H,36,37). The Morgan fingerprint density at radius 1 is 1.05 bits per heavy atom. The zero-order chi connectivity index (χ0) is 26.5. The molecule has 1 aromatic carbocycles. The van der Waals surface area contributed by atoms with Crippen molar-refractivity contribution in [3.8, 4) is 0 Å². The molecule has 11 heteroatoms. The first kappa shape index (κ1) is 26.7. The molecule has 9 nitrogen and oxygen atoms in total. The van der Waals surface area contributed by atoms with Crippen LogP contribution in [0, 0.1) is 5.82 Å². The maximum absolute atomic E-state index is 13.8. The fourth-order valence-corrected chi connectivity index (χ4v) is 5.33. The van der Waals surface area contributed by atoms with Crippen molar-refractivity contribution in [2.45, 2.75) is 6.04 Å². The Bertz CT molecular complexity index is 1200. The van der Waals surface area contributed by atoms with Gasteiger partial charge in [0, 0.05) is 81.4 Å². The average molecular weight is 543 g/mol. The molecule has 4 heterocycles. The maximum Gasteiger partial charge on any atom is 0.335 e. The van der Waals surface area contributed by atoms with E-state index in [0.717, 1.165) is 65.6 Å². The van der Waals surface area contributed by atoms with E-state index in [9.17, 15) is 14.3 Å². The monoisotopic (exact) mass is 542 g/mol. The number of halogens is 2. The van der Waals surface area contributed by atoms with E-state index >= 15 is 0 Å². The number of pyridine rings is 1. The largest absolute Gasteiger partial charge is 0.478 e. The summed E-state index contributed by atoms with van der Waals surface area (Å²) in [6, 6.07) is 8.52. The van der Waals surface area contributed by atoms with Crippen molar-refractivity contribution in [1.29, 1.82) is 0 Å². The number of ether oxygens (including phenoxy) is 1. The first-order chi connectivity index (χ1) is 18.5. The number of nitrogens with zero attached hydrogens (tertiary/aromatic N) is 5. The Balaban J connectivity index is 1.34. The SMILES string of the molecule is O=C(O)C1=C(CN2CCN(CCN3CCOCC3)CC2)NC(c2ccccn2)=NC1c1ccc(F)cc1Cl. The third kappa shape index (κ3) is 6.39. The second-order valence-electron chi connectivity index (χ2n) is 9.66. The van der Waals surface area contributed by atoms with Crippen LogP contribution in [0.2, 0.25) is 5.02 Å². The van der Waals surface area contributed by atoms with Crippen LogP contribution in [0.25, 0.3) is 0 Å². The Morgan fingerprint density at radius 2 is 1.76 bits per heavy atom. The molecule has 0 bridgehead atoms. The maximum atomic E-state index is 13.8. The number of rotatable bonds is 8. The molecule has 0 aliphatic carbocycles. The van der Waals surface area contributed by atoms with Crippen LogP contribution in [0.15, 0.2) is 58.9 Å². The van der Waals surface area contributed by atoms with Crippen LogP contribution in [-0.4, -0.2) is 109 Å². The van der Waals surface area contributed by atoms with Crippen LogP contribution in [-0.2, 0) is 9.53 Å². The molecular weight excluding hydrogens is 511 g/mol. The predicted molar refractivity (Wildman–Crippen MR) is 143 cm³/mol. The summed E-state index contributed by atoms with van der Waals surface area (Å²) in [6.45, 7) is 9.49. The zero-order valence-corrected chi connectivity index (χ0v) is 21.9. The van der Waals surface area contributed by atoms with Gasteiger partial charge < -0.3 is 15.2 Å². The van der Waals surface area contributed by atoms with Gasteiger partial charge in [-0.3, -0.25) is 24.7 Å². The van der Waals surface area contributed by atoms with Crippen LogP contribution in [0.3, 0.4) is 0 Å². The Labute approximate surface area is 226 Å². The summed E-state index contributed by atoms with van der Waals surface area (Å²) in [5, 5.41) is 13.7. The van der Waals surface area contributed by atoms with E-state index in [0.29, 0.717) is 29.3 Å². The lowest BCUT2D eigenvalue weighted by Gasteiger charge is -2.37. The molecule has 0 radical (unpaired) electrons. The highest BCUT2D eigenvalue weighted by atomic mass is 35.5. The lowest BCUT2D eigenvalue weighted by Crippen LogP contribution is -2.51. The molecule has 38 heavy (non-hydrogen) atoms. The lowest BCUT2D eigenvalue weighted by atomic mass is 9.95. The quantitative estimate of drug-likeness (QED) is 0.525. The van der Waals surface area contributed by atoms with Crippen molar-refractivity contribution in [3.05, 3.63) is 76.0 Å². The summed E-state index contributed by atoms with van der Waals surface area (Å²) in [5.74, 6) is -1.12. The Kier molecular flexibility index (Phi) is 8.65. The summed E-state index contributed by atoms with van der Waals surface area (Å²) in [7, 11) is 0. The van der Waals surface area contributed by atoms with Gasteiger partial charge in [-0.2, -0.15) is 0 Å². The smallest absolute Gasteiger partial charge is 0.335 e. The van der Waals surface area contributed by atoms with E-state index in [1.54, 1.807) is 12.3 Å². The van der Waals surface area contributed by atoms with Gasteiger partial charge in [-0.1, -0.05) is 23.7 Å². The highest BCUT2D eigenvalue weighted by molar-refractivity contribution is 6.31. The van der Waals surface area contributed by atoms with Crippen LogP contribution >= 0.6 is 11.6 Å². The number of piperazine rings is 1. The number of hydrogen-bond acceptors (Lipinski definition) is 8. The van der Waals surface area contributed by atoms with Crippen molar-refractivity contribution in [2.24, 2.45) is 4.99 Å². The molecule has 0 spiro atoms. The van der Waals surface area contributed by atoms with E-state index in [2.05, 4.69) is 25.0 Å². The molecule has 1 atom stereocenters. The van der Waals surface area contributed by atoms with Gasteiger partial charge in [0.2, 0.25) is 0 Å². The van der Waals surface area contributed by atoms with Crippen molar-refractivity contribution in [3.63, 3.8) is 0 Å². The normalized spacial score (nSPS) is 21.7. The molecular formula is C27H32ClFN6O3. The second kappa shape index (κ2) is 12.3. The summed E-state index contributed by atoms with van der Waals surface area (Å²) in [5.41, 5.74) is 1.67. The van der Waals surface area contributed by atoms with Crippen LogP contribution in [0.4, 0.5) is 4.39 Å². The minimum Gasteiger partial charge on any atom is -0.478 e. The van der Waals surface area contributed by atoms with E-state index in [-0.39, 0.29) is 10.6 Å². The van der Waals surface area contributed by atoms with Gasteiger partial charge in [-0.15, -0.1) is 0 Å². The molecule has 0 saturated carbocycles. The molecule has 0 amide bonds. The molecule has 2 aromatic rings. The van der Waals surface area contributed by atoms with Gasteiger partial charge in [0.05, 0.1) is 18.8 Å². The average Bonchev–Trinajstić information content (AvgIpc) is 2.93. The molecule has 5 rings (SSSR count). The molecule has 2 fully saturated rings. The molecule has 1 unspecified atom stereocenters. The summed E-state index contributed by atoms with van der Waals surface area (Å²) < 4.78 is 19.2. The highest BCUT2D eigenvalue weighted by Crippen LogP contribution is 2.36. The first-order valence-corrected chi connectivity index (χ1v) is 13.3. The molecule has 1 aromatic heterocycles. The molecule has 2 N–H and O–H groups in total.